The van der Waals surface area contributed by atoms with E-state index in [1.165, 1.54) is 19.2 Å². The molecule has 1 aromatic carbocycles. The van der Waals surface area contributed by atoms with E-state index in [4.69, 9.17) is 5.73 Å². The van der Waals surface area contributed by atoms with Crippen LogP contribution < -0.4 is 10.5 Å². The molecule has 0 atom stereocenters. The molecule has 16 heavy (non-hydrogen) atoms. The number of hydrogen-bond acceptors (Lipinski definition) is 3. The third kappa shape index (κ3) is 2.79. The summed E-state index contributed by atoms with van der Waals surface area (Å²) in [6, 6.07) is 3.66. The van der Waals surface area contributed by atoms with Crippen LogP contribution in [0.2, 0.25) is 0 Å². The molecule has 0 aliphatic carbocycles. The minimum atomic E-state index is -3.76. The smallest absolute Gasteiger partial charge is 0.243 e. The zero-order valence-corrected chi connectivity index (χ0v) is 9.44. The van der Waals surface area contributed by atoms with Crippen molar-refractivity contribution >= 4 is 10.0 Å². The van der Waals surface area contributed by atoms with E-state index in [1.807, 2.05) is 4.72 Å². The third-order valence-corrected chi connectivity index (χ3v) is 3.27. The lowest BCUT2D eigenvalue weighted by molar-refractivity contribution is 0.561. The molecular weight excluding hydrogens is 231 g/mol. The van der Waals surface area contributed by atoms with Crippen molar-refractivity contribution in [2.75, 3.05) is 13.6 Å². The molecule has 6 heteroatoms. The molecule has 0 unspecified atom stereocenters. The minimum Gasteiger partial charge on any atom is -0.320 e. The molecular formula is C10H11FN2O2S. The van der Waals surface area contributed by atoms with Gasteiger partial charge in [0.15, 0.2) is 0 Å². The van der Waals surface area contributed by atoms with Crippen LogP contribution in [-0.2, 0) is 10.0 Å². The van der Waals surface area contributed by atoms with Crippen molar-refractivity contribution < 1.29 is 12.8 Å². The van der Waals surface area contributed by atoms with Crippen LogP contribution in [0.15, 0.2) is 23.1 Å². The van der Waals surface area contributed by atoms with Crippen LogP contribution >= 0.6 is 0 Å². The first-order valence-electron chi connectivity index (χ1n) is 4.43. The predicted molar refractivity (Wildman–Crippen MR) is 58.6 cm³/mol. The Balaban J connectivity index is 3.20. The molecule has 0 saturated heterocycles. The average molecular weight is 242 g/mol. The summed E-state index contributed by atoms with van der Waals surface area (Å²) >= 11 is 0. The highest BCUT2D eigenvalue weighted by molar-refractivity contribution is 7.89. The molecule has 0 saturated carbocycles. The SMILES string of the molecule is CNS(=O)(=O)c1ccc(C#CCN)cc1F. The Hall–Kier alpha value is -1.42. The fourth-order valence-electron chi connectivity index (χ4n) is 1.06. The van der Waals surface area contributed by atoms with Crippen molar-refractivity contribution in [3.8, 4) is 11.8 Å². The lowest BCUT2D eigenvalue weighted by Crippen LogP contribution is -2.19. The normalized spacial score (nSPS) is 10.7. The Kier molecular flexibility index (Phi) is 4.01. The van der Waals surface area contributed by atoms with Gasteiger partial charge in [0.2, 0.25) is 10.0 Å². The average Bonchev–Trinajstić information content (AvgIpc) is 2.26. The standard InChI is InChI=1S/C10H11FN2O2S/c1-13-16(14,15)10-5-4-8(3-2-6-12)7-9(10)11/h4-5,7,13H,6,12H2,1H3. The fourth-order valence-corrected chi connectivity index (χ4v) is 1.84. The summed E-state index contributed by atoms with van der Waals surface area (Å²) in [6.07, 6.45) is 0. The van der Waals surface area contributed by atoms with E-state index in [-0.39, 0.29) is 6.54 Å². The minimum absolute atomic E-state index is 0.165. The molecule has 1 aromatic rings. The number of sulfonamides is 1. The van der Waals surface area contributed by atoms with Gasteiger partial charge in [-0.3, -0.25) is 0 Å². The summed E-state index contributed by atoms with van der Waals surface area (Å²) in [7, 11) is -2.54. The predicted octanol–water partition coefficient (Wildman–Crippen LogP) is 0.0440. The van der Waals surface area contributed by atoms with Gasteiger partial charge in [-0.1, -0.05) is 11.8 Å². The summed E-state index contributed by atoms with van der Waals surface area (Å²) in [6.45, 7) is 0.165. The van der Waals surface area contributed by atoms with Crippen molar-refractivity contribution in [2.45, 2.75) is 4.90 Å². The number of benzene rings is 1. The monoisotopic (exact) mass is 242 g/mol. The van der Waals surface area contributed by atoms with E-state index < -0.39 is 20.7 Å². The van der Waals surface area contributed by atoms with E-state index >= 15 is 0 Å². The van der Waals surface area contributed by atoms with Crippen LogP contribution in [0.4, 0.5) is 4.39 Å². The van der Waals surface area contributed by atoms with Gasteiger partial charge in [0.25, 0.3) is 0 Å². The van der Waals surface area contributed by atoms with Crippen LogP contribution in [0.1, 0.15) is 5.56 Å². The van der Waals surface area contributed by atoms with E-state index in [0.29, 0.717) is 5.56 Å². The second-order valence-corrected chi connectivity index (χ2v) is 4.71. The maximum Gasteiger partial charge on any atom is 0.243 e. The van der Waals surface area contributed by atoms with Gasteiger partial charge in [0, 0.05) is 5.56 Å². The Morgan fingerprint density at radius 2 is 2.19 bits per heavy atom. The van der Waals surface area contributed by atoms with E-state index in [2.05, 4.69) is 11.8 Å². The molecule has 0 amide bonds. The van der Waals surface area contributed by atoms with Crippen LogP contribution in [-0.4, -0.2) is 22.0 Å². The van der Waals surface area contributed by atoms with Gasteiger partial charge in [0.05, 0.1) is 6.54 Å². The highest BCUT2D eigenvalue weighted by Crippen LogP contribution is 2.15. The van der Waals surface area contributed by atoms with Gasteiger partial charge in [-0.15, -0.1) is 0 Å². The molecule has 0 heterocycles. The summed E-state index contributed by atoms with van der Waals surface area (Å²) < 4.78 is 38.2. The van der Waals surface area contributed by atoms with Gasteiger partial charge < -0.3 is 5.73 Å². The van der Waals surface area contributed by atoms with Gasteiger partial charge in [-0.2, -0.15) is 0 Å². The lowest BCUT2D eigenvalue weighted by Gasteiger charge is -2.03. The molecule has 3 N–H and O–H groups in total. The molecule has 0 radical (unpaired) electrons. The van der Waals surface area contributed by atoms with Gasteiger partial charge >= 0.3 is 0 Å². The molecule has 0 aromatic heterocycles. The number of hydrogen-bond donors (Lipinski definition) is 2. The molecule has 4 nitrogen and oxygen atoms in total. The van der Waals surface area contributed by atoms with E-state index in [9.17, 15) is 12.8 Å². The highest BCUT2D eigenvalue weighted by Gasteiger charge is 2.16. The Labute approximate surface area is 93.7 Å². The summed E-state index contributed by atoms with van der Waals surface area (Å²) in [5.41, 5.74) is 5.55. The van der Waals surface area contributed by atoms with Crippen molar-refractivity contribution in [1.82, 2.24) is 4.72 Å². The second-order valence-electron chi connectivity index (χ2n) is 2.86. The summed E-state index contributed by atoms with van der Waals surface area (Å²) in [5.74, 6) is 4.33. The maximum absolute atomic E-state index is 13.4. The molecule has 1 rings (SSSR count). The molecule has 0 bridgehead atoms. The fraction of sp³-hybridized carbons (Fsp3) is 0.200. The zero-order valence-electron chi connectivity index (χ0n) is 8.62. The highest BCUT2D eigenvalue weighted by atomic mass is 32.2. The zero-order chi connectivity index (χ0) is 12.2. The van der Waals surface area contributed by atoms with Gasteiger partial charge in [0.1, 0.15) is 10.7 Å². The molecule has 0 spiro atoms. The van der Waals surface area contributed by atoms with Crippen LogP contribution in [0.3, 0.4) is 0 Å². The van der Waals surface area contributed by atoms with Crippen LogP contribution in [0.25, 0.3) is 0 Å². The van der Waals surface area contributed by atoms with E-state index in [1.54, 1.807) is 0 Å². The molecule has 86 valence electrons. The first-order chi connectivity index (χ1) is 7.51. The topological polar surface area (TPSA) is 72.2 Å². The molecule has 0 fully saturated rings. The van der Waals surface area contributed by atoms with Gasteiger partial charge in [-0.25, -0.2) is 17.5 Å². The van der Waals surface area contributed by atoms with Crippen molar-refractivity contribution in [1.29, 1.82) is 0 Å². The summed E-state index contributed by atoms with van der Waals surface area (Å²) in [5, 5.41) is 0. The third-order valence-electron chi connectivity index (χ3n) is 1.82. The Morgan fingerprint density at radius 1 is 1.50 bits per heavy atom. The van der Waals surface area contributed by atoms with Crippen molar-refractivity contribution in [3.05, 3.63) is 29.6 Å². The quantitative estimate of drug-likeness (QED) is 0.719. The van der Waals surface area contributed by atoms with Crippen LogP contribution in [0, 0.1) is 17.7 Å². The second kappa shape index (κ2) is 5.07. The largest absolute Gasteiger partial charge is 0.320 e. The van der Waals surface area contributed by atoms with Crippen molar-refractivity contribution in [3.63, 3.8) is 0 Å². The van der Waals surface area contributed by atoms with Gasteiger partial charge in [-0.05, 0) is 25.2 Å². The van der Waals surface area contributed by atoms with Crippen LogP contribution in [0.5, 0.6) is 0 Å². The number of halogens is 1. The number of rotatable bonds is 2. The molecule has 0 aliphatic heterocycles. The summed E-state index contributed by atoms with van der Waals surface area (Å²) in [4.78, 5) is -0.395. The first-order valence-corrected chi connectivity index (χ1v) is 5.91. The first kappa shape index (κ1) is 12.6. The maximum atomic E-state index is 13.4. The van der Waals surface area contributed by atoms with E-state index in [0.717, 1.165) is 6.07 Å². The number of nitrogens with two attached hydrogens (primary N) is 1. The number of nitrogens with one attached hydrogen (secondary N) is 1. The Bertz CT molecular complexity index is 544. The Morgan fingerprint density at radius 3 is 2.69 bits per heavy atom. The van der Waals surface area contributed by atoms with Crippen molar-refractivity contribution in [2.24, 2.45) is 5.73 Å². The lowest BCUT2D eigenvalue weighted by atomic mass is 10.2. The molecule has 0 aliphatic rings.